The molecule has 1 atom stereocenters. The summed E-state index contributed by atoms with van der Waals surface area (Å²) in [6.45, 7) is 4.13. The maximum absolute atomic E-state index is 13.3. The van der Waals surface area contributed by atoms with E-state index in [4.69, 9.17) is 8.94 Å². The highest BCUT2D eigenvalue weighted by atomic mass is 16.5. The fourth-order valence-corrected chi connectivity index (χ4v) is 3.89. The summed E-state index contributed by atoms with van der Waals surface area (Å²) >= 11 is 0. The number of nitrogens with zero attached hydrogens (tertiary/aromatic N) is 3. The predicted octanol–water partition coefficient (Wildman–Crippen LogP) is 3.17. The Labute approximate surface area is 145 Å². The molecule has 1 unspecified atom stereocenters. The first-order valence-corrected chi connectivity index (χ1v) is 8.83. The van der Waals surface area contributed by atoms with Crippen LogP contribution in [0, 0.1) is 13.8 Å². The number of Topliss-reactive ketones (excluding diaryl/α,β-unsaturated/α-hetero) is 1. The van der Waals surface area contributed by atoms with E-state index in [1.807, 2.05) is 0 Å². The molecule has 7 nitrogen and oxygen atoms in total. The monoisotopic (exact) mass is 343 g/mol. The molecule has 4 rings (SSSR count). The first-order chi connectivity index (χ1) is 12.1. The summed E-state index contributed by atoms with van der Waals surface area (Å²) in [7, 11) is 0. The van der Waals surface area contributed by atoms with E-state index in [9.17, 15) is 9.59 Å². The number of carbonyl (C=O) groups is 2. The molecular formula is C18H21N3O4. The molecule has 7 heteroatoms. The number of carbonyl (C=O) groups excluding carboxylic acids is 2. The summed E-state index contributed by atoms with van der Waals surface area (Å²) in [4.78, 5) is 31.8. The molecule has 0 radical (unpaired) electrons. The Morgan fingerprint density at radius 3 is 2.80 bits per heavy atom. The Morgan fingerprint density at radius 1 is 1.20 bits per heavy atom. The molecule has 0 bridgehead atoms. The Hall–Kier alpha value is -2.44. The highest BCUT2D eigenvalue weighted by Crippen LogP contribution is 2.35. The minimum absolute atomic E-state index is 0.00337. The maximum atomic E-state index is 13.3. The third-order valence-electron chi connectivity index (χ3n) is 5.05. The summed E-state index contributed by atoms with van der Waals surface area (Å²) < 4.78 is 11.1. The Kier molecular flexibility index (Phi) is 3.94. The van der Waals surface area contributed by atoms with Gasteiger partial charge in [-0.2, -0.15) is 4.98 Å². The summed E-state index contributed by atoms with van der Waals surface area (Å²) in [6, 6.07) is -0.244. The average molecular weight is 343 g/mol. The van der Waals surface area contributed by atoms with Crippen LogP contribution < -0.4 is 0 Å². The van der Waals surface area contributed by atoms with E-state index in [2.05, 4.69) is 10.1 Å². The molecule has 0 aromatic carbocycles. The zero-order valence-corrected chi connectivity index (χ0v) is 14.5. The fraction of sp³-hybridized carbons (Fsp3) is 0.556. The van der Waals surface area contributed by atoms with E-state index in [-0.39, 0.29) is 17.7 Å². The molecule has 0 spiro atoms. The van der Waals surface area contributed by atoms with Crippen LogP contribution in [0.2, 0.25) is 0 Å². The van der Waals surface area contributed by atoms with E-state index < -0.39 is 0 Å². The molecule has 1 saturated heterocycles. The van der Waals surface area contributed by atoms with Crippen molar-refractivity contribution in [3.05, 3.63) is 34.4 Å². The molecule has 3 heterocycles. The van der Waals surface area contributed by atoms with Crippen LogP contribution in [-0.4, -0.2) is 33.3 Å². The van der Waals surface area contributed by atoms with Crippen molar-refractivity contribution < 1.29 is 18.5 Å². The standard InChI is InChI=1S/C18H21N3O4/c1-10-15(16-13(22)7-5-8-14(16)24-10)18(23)21-9-4-3-6-12(21)17-19-11(2)20-25-17/h12H,3-9H2,1-2H3. The third kappa shape index (κ3) is 2.67. The number of amides is 1. The van der Waals surface area contributed by atoms with Gasteiger partial charge in [-0.25, -0.2) is 0 Å². The van der Waals surface area contributed by atoms with Gasteiger partial charge in [0.1, 0.15) is 17.6 Å². The Morgan fingerprint density at radius 2 is 2.04 bits per heavy atom. The van der Waals surface area contributed by atoms with Gasteiger partial charge in [-0.15, -0.1) is 0 Å². The maximum Gasteiger partial charge on any atom is 0.258 e. The minimum atomic E-state index is -0.244. The van der Waals surface area contributed by atoms with Crippen LogP contribution >= 0.6 is 0 Å². The Bertz CT molecular complexity index is 835. The second-order valence-corrected chi connectivity index (χ2v) is 6.80. The summed E-state index contributed by atoms with van der Waals surface area (Å²) in [5.41, 5.74) is 0.905. The van der Waals surface area contributed by atoms with Crippen molar-refractivity contribution >= 4 is 11.7 Å². The van der Waals surface area contributed by atoms with Crippen molar-refractivity contribution in [3.8, 4) is 0 Å². The van der Waals surface area contributed by atoms with Gasteiger partial charge in [0.25, 0.3) is 5.91 Å². The normalized spacial score (nSPS) is 20.6. The molecule has 0 N–H and O–H groups in total. The van der Waals surface area contributed by atoms with Crippen molar-refractivity contribution in [2.75, 3.05) is 6.54 Å². The van der Waals surface area contributed by atoms with E-state index in [1.54, 1.807) is 18.7 Å². The first kappa shape index (κ1) is 16.1. The first-order valence-electron chi connectivity index (χ1n) is 8.83. The summed E-state index contributed by atoms with van der Waals surface area (Å²) in [6.07, 6.45) is 4.65. The van der Waals surface area contributed by atoms with Gasteiger partial charge in [0, 0.05) is 19.4 Å². The number of aromatic nitrogens is 2. The van der Waals surface area contributed by atoms with Crippen LogP contribution in [0.15, 0.2) is 8.94 Å². The van der Waals surface area contributed by atoms with Gasteiger partial charge in [0.05, 0.1) is 11.1 Å². The van der Waals surface area contributed by atoms with E-state index in [0.29, 0.717) is 53.7 Å². The topological polar surface area (TPSA) is 89.4 Å². The molecule has 2 aromatic heterocycles. The van der Waals surface area contributed by atoms with Gasteiger partial charge in [0.15, 0.2) is 11.6 Å². The van der Waals surface area contributed by atoms with Gasteiger partial charge in [-0.1, -0.05) is 5.16 Å². The van der Waals surface area contributed by atoms with Crippen LogP contribution in [-0.2, 0) is 6.42 Å². The number of hydrogen-bond acceptors (Lipinski definition) is 6. The van der Waals surface area contributed by atoms with Crippen LogP contribution in [0.3, 0.4) is 0 Å². The van der Waals surface area contributed by atoms with Gasteiger partial charge in [-0.3, -0.25) is 9.59 Å². The largest absolute Gasteiger partial charge is 0.465 e. The van der Waals surface area contributed by atoms with E-state index in [0.717, 1.165) is 25.7 Å². The lowest BCUT2D eigenvalue weighted by atomic mass is 9.92. The fourth-order valence-electron chi connectivity index (χ4n) is 3.89. The molecule has 2 aromatic rings. The number of likely N-dealkylation sites (tertiary alicyclic amines) is 1. The lowest BCUT2D eigenvalue weighted by Crippen LogP contribution is -2.39. The second-order valence-electron chi connectivity index (χ2n) is 6.80. The molecule has 1 amide bonds. The third-order valence-corrected chi connectivity index (χ3v) is 5.05. The van der Waals surface area contributed by atoms with E-state index >= 15 is 0 Å². The smallest absolute Gasteiger partial charge is 0.258 e. The molecule has 1 aliphatic heterocycles. The molecule has 1 aliphatic carbocycles. The van der Waals surface area contributed by atoms with Crippen LogP contribution in [0.4, 0.5) is 0 Å². The highest BCUT2D eigenvalue weighted by Gasteiger charge is 2.37. The van der Waals surface area contributed by atoms with Gasteiger partial charge < -0.3 is 13.8 Å². The van der Waals surface area contributed by atoms with Crippen LogP contribution in [0.25, 0.3) is 0 Å². The van der Waals surface area contributed by atoms with Crippen LogP contribution in [0.1, 0.15) is 82.1 Å². The van der Waals surface area contributed by atoms with Gasteiger partial charge >= 0.3 is 0 Å². The molecular weight excluding hydrogens is 322 g/mol. The molecule has 1 fully saturated rings. The van der Waals surface area contributed by atoms with Crippen molar-refractivity contribution in [1.29, 1.82) is 0 Å². The number of piperidine rings is 1. The van der Waals surface area contributed by atoms with Crippen molar-refractivity contribution in [3.63, 3.8) is 0 Å². The SMILES string of the molecule is Cc1noc(C2CCCCN2C(=O)c2c(C)oc3c2C(=O)CCC3)n1. The zero-order chi connectivity index (χ0) is 17.6. The number of aryl methyl sites for hydroxylation is 3. The van der Waals surface area contributed by atoms with Crippen molar-refractivity contribution in [1.82, 2.24) is 15.0 Å². The molecule has 25 heavy (non-hydrogen) atoms. The highest BCUT2D eigenvalue weighted by molar-refractivity contribution is 6.10. The second kappa shape index (κ2) is 6.13. The van der Waals surface area contributed by atoms with Crippen molar-refractivity contribution in [2.45, 2.75) is 58.4 Å². The number of rotatable bonds is 2. The lowest BCUT2D eigenvalue weighted by molar-refractivity contribution is 0.0557. The lowest BCUT2D eigenvalue weighted by Gasteiger charge is -2.33. The number of ketones is 1. The van der Waals surface area contributed by atoms with Gasteiger partial charge in [0.2, 0.25) is 5.89 Å². The Balaban J connectivity index is 1.72. The van der Waals surface area contributed by atoms with Gasteiger partial charge in [-0.05, 0) is 39.5 Å². The number of fused-ring (bicyclic) bond motifs is 1. The molecule has 132 valence electrons. The quantitative estimate of drug-likeness (QED) is 0.832. The number of furan rings is 1. The summed E-state index contributed by atoms with van der Waals surface area (Å²) in [5, 5.41) is 3.85. The average Bonchev–Trinajstić information content (AvgIpc) is 3.18. The molecule has 2 aliphatic rings. The minimum Gasteiger partial charge on any atom is -0.465 e. The van der Waals surface area contributed by atoms with Crippen molar-refractivity contribution in [2.24, 2.45) is 0 Å². The van der Waals surface area contributed by atoms with E-state index in [1.165, 1.54) is 0 Å². The zero-order valence-electron chi connectivity index (χ0n) is 14.5. The summed E-state index contributed by atoms with van der Waals surface area (Å²) in [5.74, 6) is 2.03. The van der Waals surface area contributed by atoms with Crippen LogP contribution in [0.5, 0.6) is 0 Å². The number of hydrogen-bond donors (Lipinski definition) is 0. The molecule has 0 saturated carbocycles. The predicted molar refractivity (Wildman–Crippen MR) is 87.4 cm³/mol.